The molecule has 25 heavy (non-hydrogen) atoms. The Balaban J connectivity index is 1.89. The van der Waals surface area contributed by atoms with Gasteiger partial charge < -0.3 is 0 Å². The second-order valence-corrected chi connectivity index (χ2v) is 5.97. The fraction of sp³-hybridized carbons (Fsp3) is 0.0435. The molecule has 4 aromatic rings. The van der Waals surface area contributed by atoms with E-state index in [1.165, 1.54) is 11.1 Å². The first-order valence-corrected chi connectivity index (χ1v) is 8.45. The first kappa shape index (κ1) is 15.3. The lowest BCUT2D eigenvalue weighted by Gasteiger charge is -2.09. The van der Waals surface area contributed by atoms with Crippen LogP contribution < -0.4 is 4.57 Å². The van der Waals surface area contributed by atoms with E-state index in [1.54, 1.807) is 0 Å². The molecule has 0 aliphatic heterocycles. The quantitative estimate of drug-likeness (QED) is 0.495. The zero-order valence-corrected chi connectivity index (χ0v) is 13.9. The lowest BCUT2D eigenvalue weighted by atomic mass is 10.0. The van der Waals surface area contributed by atoms with Crippen LogP contribution in [0.1, 0.15) is 5.56 Å². The van der Waals surface area contributed by atoms with Gasteiger partial charge in [-0.25, -0.2) is 4.98 Å². The van der Waals surface area contributed by atoms with Crippen molar-refractivity contribution in [1.82, 2.24) is 4.98 Å². The van der Waals surface area contributed by atoms with Crippen molar-refractivity contribution in [1.29, 1.82) is 0 Å². The Hall–Kier alpha value is -3.26. The predicted molar refractivity (Wildman–Crippen MR) is 101 cm³/mol. The van der Waals surface area contributed by atoms with Crippen LogP contribution in [-0.2, 0) is 6.54 Å². The van der Waals surface area contributed by atoms with Crippen LogP contribution in [0, 0.1) is 0 Å². The number of nitrogens with zero attached hydrogens (tertiary/aromatic N) is 2. The molecule has 0 atom stereocenters. The Morgan fingerprint density at radius 3 is 1.84 bits per heavy atom. The van der Waals surface area contributed by atoms with Crippen LogP contribution in [0.5, 0.6) is 0 Å². The number of hydrogen-bond donors (Lipinski definition) is 0. The van der Waals surface area contributed by atoms with Crippen LogP contribution >= 0.6 is 0 Å². The number of rotatable bonds is 4. The van der Waals surface area contributed by atoms with Crippen LogP contribution in [0.4, 0.5) is 0 Å². The van der Waals surface area contributed by atoms with Crippen molar-refractivity contribution in [3.05, 3.63) is 109 Å². The van der Waals surface area contributed by atoms with Crippen LogP contribution in [0.3, 0.4) is 0 Å². The molecular weight excluding hydrogens is 304 g/mol. The lowest BCUT2D eigenvalue weighted by molar-refractivity contribution is -0.677. The molecular formula is C23H19N2+. The van der Waals surface area contributed by atoms with Crippen molar-refractivity contribution in [2.45, 2.75) is 6.54 Å². The summed E-state index contributed by atoms with van der Waals surface area (Å²) in [4.78, 5) is 4.71. The van der Waals surface area contributed by atoms with E-state index in [9.17, 15) is 0 Å². The van der Waals surface area contributed by atoms with E-state index in [-0.39, 0.29) is 0 Å². The maximum Gasteiger partial charge on any atom is 0.239 e. The molecule has 0 aliphatic carbocycles. The molecule has 1 aromatic heterocycles. The minimum Gasteiger partial charge on any atom is -0.243 e. The summed E-state index contributed by atoms with van der Waals surface area (Å²) in [5.74, 6) is 0. The van der Waals surface area contributed by atoms with E-state index in [0.29, 0.717) is 0 Å². The monoisotopic (exact) mass is 323 g/mol. The fourth-order valence-electron chi connectivity index (χ4n) is 3.08. The minimum absolute atomic E-state index is 0.813. The average molecular weight is 323 g/mol. The van der Waals surface area contributed by atoms with Crippen molar-refractivity contribution in [3.8, 4) is 22.5 Å². The van der Waals surface area contributed by atoms with E-state index in [4.69, 9.17) is 4.98 Å². The Morgan fingerprint density at radius 1 is 0.640 bits per heavy atom. The summed E-state index contributed by atoms with van der Waals surface area (Å²) >= 11 is 0. The number of hydrogen-bond acceptors (Lipinski definition) is 1. The molecule has 3 aromatic carbocycles. The molecule has 0 N–H and O–H groups in total. The molecule has 0 saturated heterocycles. The van der Waals surface area contributed by atoms with Crippen LogP contribution in [0.15, 0.2) is 103 Å². The summed E-state index contributed by atoms with van der Waals surface area (Å²) in [6.45, 7) is 0.813. The van der Waals surface area contributed by atoms with Gasteiger partial charge in [-0.15, -0.1) is 0 Å². The highest BCUT2D eigenvalue weighted by atomic mass is 15.0. The molecule has 0 saturated carbocycles. The summed E-state index contributed by atoms with van der Waals surface area (Å²) < 4.78 is 2.28. The van der Waals surface area contributed by atoms with Crippen LogP contribution in [-0.4, -0.2) is 4.98 Å². The fourth-order valence-corrected chi connectivity index (χ4v) is 3.08. The number of benzene rings is 3. The van der Waals surface area contributed by atoms with Crippen molar-refractivity contribution in [3.63, 3.8) is 0 Å². The molecule has 0 spiro atoms. The first-order valence-electron chi connectivity index (χ1n) is 8.45. The molecule has 120 valence electrons. The Kier molecular flexibility index (Phi) is 4.34. The van der Waals surface area contributed by atoms with Gasteiger partial charge in [0, 0.05) is 16.7 Å². The molecule has 0 fully saturated rings. The molecule has 0 radical (unpaired) electrons. The highest BCUT2D eigenvalue weighted by molar-refractivity contribution is 5.75. The average Bonchev–Trinajstić information content (AvgIpc) is 2.70. The topological polar surface area (TPSA) is 16.8 Å². The highest BCUT2D eigenvalue weighted by Gasteiger charge is 2.21. The smallest absolute Gasteiger partial charge is 0.239 e. The molecule has 0 amide bonds. The Labute approximate surface area is 148 Å². The third kappa shape index (κ3) is 3.33. The summed E-state index contributed by atoms with van der Waals surface area (Å²) in [5, 5.41) is 0. The summed E-state index contributed by atoms with van der Waals surface area (Å²) in [7, 11) is 0. The van der Waals surface area contributed by atoms with Crippen molar-refractivity contribution in [2.75, 3.05) is 0 Å². The largest absolute Gasteiger partial charge is 0.243 e. The van der Waals surface area contributed by atoms with Crippen LogP contribution in [0.25, 0.3) is 22.5 Å². The summed E-state index contributed by atoms with van der Waals surface area (Å²) in [6.07, 6.45) is 3.94. The molecule has 2 nitrogen and oxygen atoms in total. The standard InChI is InChI=1S/C23H19N2/c1-4-10-19(11-5-1)18-25-17-16-24-22(20-12-6-2-7-13-20)23(25)21-14-8-3-9-15-21/h1-17H,18H2/q+1. The van der Waals surface area contributed by atoms with Crippen molar-refractivity contribution < 1.29 is 4.57 Å². The zero-order valence-electron chi connectivity index (χ0n) is 13.9. The van der Waals surface area contributed by atoms with Gasteiger partial charge in [-0.05, 0) is 12.1 Å². The maximum absolute atomic E-state index is 4.71. The molecule has 0 bridgehead atoms. The molecule has 1 heterocycles. The zero-order chi connectivity index (χ0) is 16.9. The molecule has 4 rings (SSSR count). The molecule has 0 unspecified atom stereocenters. The third-order valence-electron chi connectivity index (χ3n) is 4.25. The Bertz CT molecular complexity index is 949. The summed E-state index contributed by atoms with van der Waals surface area (Å²) in [6, 6.07) is 31.4. The first-order chi connectivity index (χ1) is 12.4. The summed E-state index contributed by atoms with van der Waals surface area (Å²) in [5.41, 5.74) is 5.72. The SMILES string of the molecule is c1ccc(C[n+]2ccnc(-c3ccccc3)c2-c2ccccc2)cc1. The highest BCUT2D eigenvalue weighted by Crippen LogP contribution is 2.27. The molecule has 0 aliphatic rings. The van der Waals surface area contributed by atoms with E-state index >= 15 is 0 Å². The minimum atomic E-state index is 0.813. The number of aromatic nitrogens is 2. The van der Waals surface area contributed by atoms with E-state index in [1.807, 2.05) is 24.4 Å². The van der Waals surface area contributed by atoms with Gasteiger partial charge in [-0.1, -0.05) is 78.9 Å². The van der Waals surface area contributed by atoms with E-state index < -0.39 is 0 Å². The van der Waals surface area contributed by atoms with E-state index in [2.05, 4.69) is 83.6 Å². The Morgan fingerprint density at radius 2 is 1.20 bits per heavy atom. The van der Waals surface area contributed by atoms with Crippen LogP contribution in [0.2, 0.25) is 0 Å². The van der Waals surface area contributed by atoms with Gasteiger partial charge in [0.2, 0.25) is 5.69 Å². The second-order valence-electron chi connectivity index (χ2n) is 5.97. The van der Waals surface area contributed by atoms with Gasteiger partial charge in [-0.2, -0.15) is 4.57 Å². The van der Waals surface area contributed by atoms with Gasteiger partial charge in [-0.3, -0.25) is 0 Å². The molecule has 2 heteroatoms. The van der Waals surface area contributed by atoms with E-state index in [0.717, 1.165) is 23.5 Å². The second kappa shape index (κ2) is 7.10. The normalized spacial score (nSPS) is 10.6. The van der Waals surface area contributed by atoms with Gasteiger partial charge in [0.1, 0.15) is 5.69 Å². The van der Waals surface area contributed by atoms with Crippen molar-refractivity contribution >= 4 is 0 Å². The van der Waals surface area contributed by atoms with Gasteiger partial charge >= 0.3 is 0 Å². The van der Waals surface area contributed by atoms with Gasteiger partial charge in [0.25, 0.3) is 0 Å². The lowest BCUT2D eigenvalue weighted by Crippen LogP contribution is -2.37. The maximum atomic E-state index is 4.71. The third-order valence-corrected chi connectivity index (χ3v) is 4.25. The van der Waals surface area contributed by atoms with Crippen molar-refractivity contribution in [2.24, 2.45) is 0 Å². The van der Waals surface area contributed by atoms with Gasteiger partial charge in [0.05, 0.1) is 6.20 Å². The van der Waals surface area contributed by atoms with Gasteiger partial charge in [0.15, 0.2) is 12.7 Å². The predicted octanol–water partition coefficient (Wildman–Crippen LogP) is 4.75.